The van der Waals surface area contributed by atoms with Gasteiger partial charge in [0, 0.05) is 34.0 Å². The summed E-state index contributed by atoms with van der Waals surface area (Å²) in [5, 5.41) is 0. The first kappa shape index (κ1) is 17.1. The Morgan fingerprint density at radius 1 is 0.889 bits per heavy atom. The third-order valence-corrected chi connectivity index (χ3v) is 2.50. The molecule has 0 fully saturated rings. The van der Waals surface area contributed by atoms with Crippen LogP contribution in [0.15, 0.2) is 35.5 Å². The summed E-state index contributed by atoms with van der Waals surface area (Å²) < 4.78 is 20.7. The van der Waals surface area contributed by atoms with E-state index in [1.807, 2.05) is 38.2 Å². The molecular weight excluding hydrogens is 232 g/mol. The van der Waals surface area contributed by atoms with Crippen molar-refractivity contribution in [2.24, 2.45) is 0 Å². The lowest BCUT2D eigenvalue weighted by molar-refractivity contribution is -0.326. The van der Waals surface area contributed by atoms with E-state index in [1.54, 1.807) is 7.11 Å². The standard InChI is InChI=1S/C14H24O4/c1-12(11-15-3)9-7-8-10-13(2)14(16-4,17-5)18-6/h7-10H,11H2,1-6H3/b8-7+,12-9+,13-10+. The summed E-state index contributed by atoms with van der Waals surface area (Å²) in [4.78, 5) is 0. The van der Waals surface area contributed by atoms with Gasteiger partial charge in [-0.2, -0.15) is 0 Å². The van der Waals surface area contributed by atoms with E-state index in [-0.39, 0.29) is 0 Å². The Balaban J connectivity index is 4.68. The molecular formula is C14H24O4. The topological polar surface area (TPSA) is 36.9 Å². The molecule has 18 heavy (non-hydrogen) atoms. The summed E-state index contributed by atoms with van der Waals surface area (Å²) in [6, 6.07) is 0. The molecule has 4 nitrogen and oxygen atoms in total. The van der Waals surface area contributed by atoms with Crippen LogP contribution in [0, 0.1) is 0 Å². The molecule has 4 heteroatoms. The lowest BCUT2D eigenvalue weighted by atomic mass is 10.2. The van der Waals surface area contributed by atoms with Crippen LogP contribution in [0.5, 0.6) is 0 Å². The Morgan fingerprint density at radius 2 is 1.39 bits per heavy atom. The largest absolute Gasteiger partial charge is 0.380 e. The molecule has 0 heterocycles. The second-order valence-electron chi connectivity index (χ2n) is 3.85. The zero-order chi connectivity index (χ0) is 14.0. The number of rotatable bonds is 8. The van der Waals surface area contributed by atoms with E-state index in [0.29, 0.717) is 6.61 Å². The molecule has 0 atom stereocenters. The van der Waals surface area contributed by atoms with Crippen LogP contribution in [-0.2, 0) is 18.9 Å². The lowest BCUT2D eigenvalue weighted by Crippen LogP contribution is -2.37. The van der Waals surface area contributed by atoms with Gasteiger partial charge in [-0.25, -0.2) is 0 Å². The van der Waals surface area contributed by atoms with Crippen LogP contribution < -0.4 is 0 Å². The predicted octanol–water partition coefficient (Wildman–Crippen LogP) is 2.67. The van der Waals surface area contributed by atoms with Crippen LogP contribution in [0.1, 0.15) is 13.8 Å². The smallest absolute Gasteiger partial charge is 0.306 e. The minimum atomic E-state index is -1.12. The second-order valence-corrected chi connectivity index (χ2v) is 3.85. The van der Waals surface area contributed by atoms with Crippen LogP contribution in [0.4, 0.5) is 0 Å². The van der Waals surface area contributed by atoms with Crippen LogP contribution >= 0.6 is 0 Å². The molecule has 0 saturated carbocycles. The quantitative estimate of drug-likeness (QED) is 0.494. The fourth-order valence-electron chi connectivity index (χ4n) is 1.53. The Morgan fingerprint density at radius 3 is 1.83 bits per heavy atom. The van der Waals surface area contributed by atoms with Gasteiger partial charge in [-0.3, -0.25) is 0 Å². The van der Waals surface area contributed by atoms with Crippen molar-refractivity contribution >= 4 is 0 Å². The summed E-state index contributed by atoms with van der Waals surface area (Å²) in [6.45, 7) is 4.52. The van der Waals surface area contributed by atoms with Gasteiger partial charge < -0.3 is 18.9 Å². The van der Waals surface area contributed by atoms with Crippen molar-refractivity contribution in [3.05, 3.63) is 35.5 Å². The number of hydrogen-bond acceptors (Lipinski definition) is 4. The van der Waals surface area contributed by atoms with Crippen molar-refractivity contribution < 1.29 is 18.9 Å². The monoisotopic (exact) mass is 256 g/mol. The molecule has 0 aromatic heterocycles. The maximum Gasteiger partial charge on any atom is 0.306 e. The van der Waals surface area contributed by atoms with E-state index in [0.717, 1.165) is 11.1 Å². The van der Waals surface area contributed by atoms with E-state index in [1.165, 1.54) is 21.3 Å². The van der Waals surface area contributed by atoms with Crippen LogP contribution in [0.2, 0.25) is 0 Å². The molecule has 104 valence electrons. The SMILES string of the molecule is COC/C(C)=C/C=C/C=C(\C)C(OC)(OC)OC. The minimum Gasteiger partial charge on any atom is -0.380 e. The van der Waals surface area contributed by atoms with Gasteiger partial charge in [0.05, 0.1) is 6.61 Å². The van der Waals surface area contributed by atoms with Gasteiger partial charge in [-0.15, -0.1) is 0 Å². The maximum atomic E-state index is 5.23. The molecule has 0 amide bonds. The first-order valence-corrected chi connectivity index (χ1v) is 5.71. The van der Waals surface area contributed by atoms with Crippen LogP contribution in [0.25, 0.3) is 0 Å². The molecule has 0 unspecified atom stereocenters. The molecule has 0 N–H and O–H groups in total. The summed E-state index contributed by atoms with van der Waals surface area (Å²) in [5.41, 5.74) is 1.97. The van der Waals surface area contributed by atoms with Crippen molar-refractivity contribution in [2.45, 2.75) is 19.8 Å². The van der Waals surface area contributed by atoms with E-state index in [4.69, 9.17) is 18.9 Å². The van der Waals surface area contributed by atoms with Gasteiger partial charge in [-0.05, 0) is 19.4 Å². The highest BCUT2D eigenvalue weighted by atomic mass is 16.9. The van der Waals surface area contributed by atoms with E-state index >= 15 is 0 Å². The average Bonchev–Trinajstić information content (AvgIpc) is 2.38. The summed E-state index contributed by atoms with van der Waals surface area (Å²) in [7, 11) is 6.29. The lowest BCUT2D eigenvalue weighted by Gasteiger charge is -2.29. The molecule has 0 aliphatic rings. The molecule has 0 radical (unpaired) electrons. The van der Waals surface area contributed by atoms with Crippen molar-refractivity contribution in [1.82, 2.24) is 0 Å². The third-order valence-electron chi connectivity index (χ3n) is 2.50. The zero-order valence-corrected chi connectivity index (χ0v) is 12.1. The highest BCUT2D eigenvalue weighted by molar-refractivity contribution is 5.20. The van der Waals surface area contributed by atoms with Crippen molar-refractivity contribution in [3.63, 3.8) is 0 Å². The van der Waals surface area contributed by atoms with Crippen LogP contribution in [0.3, 0.4) is 0 Å². The first-order chi connectivity index (χ1) is 8.56. The number of ether oxygens (including phenoxy) is 4. The molecule has 0 saturated heterocycles. The van der Waals surface area contributed by atoms with Gasteiger partial charge in [0.1, 0.15) is 0 Å². The molecule has 0 rings (SSSR count). The average molecular weight is 256 g/mol. The van der Waals surface area contributed by atoms with Gasteiger partial charge in [0.15, 0.2) is 0 Å². The molecule has 0 bridgehead atoms. The number of allylic oxidation sites excluding steroid dienone is 4. The van der Waals surface area contributed by atoms with Gasteiger partial charge in [0.2, 0.25) is 0 Å². The fourth-order valence-corrected chi connectivity index (χ4v) is 1.53. The Labute approximate surface area is 110 Å². The van der Waals surface area contributed by atoms with Gasteiger partial charge in [0.25, 0.3) is 0 Å². The minimum absolute atomic E-state index is 0.630. The zero-order valence-electron chi connectivity index (χ0n) is 12.1. The van der Waals surface area contributed by atoms with E-state index < -0.39 is 5.97 Å². The second kappa shape index (κ2) is 9.05. The summed E-state index contributed by atoms with van der Waals surface area (Å²) >= 11 is 0. The first-order valence-electron chi connectivity index (χ1n) is 5.71. The highest BCUT2D eigenvalue weighted by Gasteiger charge is 2.31. The molecule has 0 aromatic rings. The van der Waals surface area contributed by atoms with Gasteiger partial charge in [-0.1, -0.05) is 24.3 Å². The Kier molecular flexibility index (Phi) is 8.58. The molecule has 0 aromatic carbocycles. The number of methoxy groups -OCH3 is 4. The Bertz CT molecular complexity index is 303. The maximum absolute atomic E-state index is 5.23. The van der Waals surface area contributed by atoms with Crippen molar-refractivity contribution in [1.29, 1.82) is 0 Å². The third kappa shape index (κ3) is 5.14. The summed E-state index contributed by atoms with van der Waals surface area (Å²) in [6.07, 6.45) is 7.71. The van der Waals surface area contributed by atoms with Crippen LogP contribution in [-0.4, -0.2) is 41.0 Å². The highest BCUT2D eigenvalue weighted by Crippen LogP contribution is 2.22. The van der Waals surface area contributed by atoms with E-state index in [9.17, 15) is 0 Å². The summed E-state index contributed by atoms with van der Waals surface area (Å²) in [5.74, 6) is -1.12. The van der Waals surface area contributed by atoms with Crippen molar-refractivity contribution in [2.75, 3.05) is 35.0 Å². The van der Waals surface area contributed by atoms with Gasteiger partial charge >= 0.3 is 5.97 Å². The molecule has 0 aliphatic carbocycles. The van der Waals surface area contributed by atoms with Crippen molar-refractivity contribution in [3.8, 4) is 0 Å². The molecule has 0 aliphatic heterocycles. The predicted molar refractivity (Wildman–Crippen MR) is 72.3 cm³/mol. The normalized spacial score (nSPS) is 14.6. The number of hydrogen-bond donors (Lipinski definition) is 0. The molecule has 0 spiro atoms. The Hall–Kier alpha value is -0.940. The van der Waals surface area contributed by atoms with E-state index in [2.05, 4.69) is 0 Å². The fraction of sp³-hybridized carbons (Fsp3) is 0.571.